The summed E-state index contributed by atoms with van der Waals surface area (Å²) in [6.45, 7) is 0.156. The number of terminal acetylenes is 1. The number of benzene rings is 2. The van der Waals surface area contributed by atoms with Gasteiger partial charge >= 0.3 is 0 Å². The number of carbonyl (C=O) groups excluding carboxylic acids is 1. The van der Waals surface area contributed by atoms with E-state index in [1.165, 1.54) is 24.0 Å². The van der Waals surface area contributed by atoms with Gasteiger partial charge in [-0.1, -0.05) is 24.1 Å². The van der Waals surface area contributed by atoms with Crippen LogP contribution in [0.1, 0.15) is 29.5 Å². The maximum Gasteiger partial charge on any atom is 0.228 e. The summed E-state index contributed by atoms with van der Waals surface area (Å²) in [5, 5.41) is 3.02. The van der Waals surface area contributed by atoms with Crippen LogP contribution in [0.15, 0.2) is 54.7 Å². The number of nitrogens with one attached hydrogen (secondary N) is 1. The maximum atomic E-state index is 12.8. The van der Waals surface area contributed by atoms with E-state index in [0.717, 1.165) is 24.0 Å². The van der Waals surface area contributed by atoms with E-state index in [9.17, 15) is 4.79 Å². The molecule has 5 heteroatoms. The summed E-state index contributed by atoms with van der Waals surface area (Å²) >= 11 is 0. The van der Waals surface area contributed by atoms with Crippen molar-refractivity contribution in [1.29, 1.82) is 0 Å². The number of ether oxygens (including phenoxy) is 2. The number of hydrogen-bond acceptors (Lipinski definition) is 4. The fourth-order valence-electron chi connectivity index (χ4n) is 4.07. The first-order valence-electron chi connectivity index (χ1n) is 10.8. The predicted octanol–water partition coefficient (Wildman–Crippen LogP) is 4.83. The van der Waals surface area contributed by atoms with Gasteiger partial charge in [-0.2, -0.15) is 0 Å². The smallest absolute Gasteiger partial charge is 0.228 e. The summed E-state index contributed by atoms with van der Waals surface area (Å²) < 4.78 is 11.0. The highest BCUT2D eigenvalue weighted by Crippen LogP contribution is 2.34. The van der Waals surface area contributed by atoms with Crippen LogP contribution < -0.4 is 14.8 Å². The third-order valence-corrected chi connectivity index (χ3v) is 5.61. The molecule has 1 N–H and O–H groups in total. The second-order valence-electron chi connectivity index (χ2n) is 7.79. The van der Waals surface area contributed by atoms with E-state index in [0.29, 0.717) is 29.3 Å². The summed E-state index contributed by atoms with van der Waals surface area (Å²) in [7, 11) is 1.57. The number of hydrogen-bond donors (Lipinski definition) is 1. The van der Waals surface area contributed by atoms with Gasteiger partial charge < -0.3 is 14.8 Å². The molecule has 0 spiro atoms. The van der Waals surface area contributed by atoms with Gasteiger partial charge in [0, 0.05) is 11.8 Å². The zero-order valence-corrected chi connectivity index (χ0v) is 18.2. The number of carbonyl (C=O) groups is 1. The van der Waals surface area contributed by atoms with Crippen molar-refractivity contribution in [3.63, 3.8) is 0 Å². The Balaban J connectivity index is 1.52. The lowest BCUT2D eigenvalue weighted by Gasteiger charge is -2.17. The number of nitrogens with zero attached hydrogens (tertiary/aromatic N) is 1. The van der Waals surface area contributed by atoms with E-state index in [1.807, 2.05) is 18.2 Å². The molecule has 1 heterocycles. The van der Waals surface area contributed by atoms with Gasteiger partial charge in [0.25, 0.3) is 0 Å². The molecule has 0 unspecified atom stereocenters. The van der Waals surface area contributed by atoms with Crippen molar-refractivity contribution in [1.82, 2.24) is 4.98 Å². The van der Waals surface area contributed by atoms with Crippen LogP contribution in [0, 0.1) is 12.3 Å². The Labute approximate surface area is 188 Å². The summed E-state index contributed by atoms with van der Waals surface area (Å²) in [6, 6.07) is 15.6. The van der Waals surface area contributed by atoms with Crippen LogP contribution >= 0.6 is 0 Å². The molecule has 0 radical (unpaired) electrons. The Morgan fingerprint density at radius 1 is 1.09 bits per heavy atom. The summed E-state index contributed by atoms with van der Waals surface area (Å²) in [5.41, 5.74) is 5.94. The molecule has 5 nitrogen and oxygen atoms in total. The zero-order chi connectivity index (χ0) is 22.3. The summed E-state index contributed by atoms with van der Waals surface area (Å²) in [4.78, 5) is 17.3. The minimum Gasteiger partial charge on any atom is -0.493 e. The van der Waals surface area contributed by atoms with E-state index in [-0.39, 0.29) is 12.5 Å². The highest BCUT2D eigenvalue weighted by molar-refractivity contribution is 5.95. The highest BCUT2D eigenvalue weighted by Gasteiger charge is 2.15. The monoisotopic (exact) mass is 426 g/mol. The van der Waals surface area contributed by atoms with E-state index >= 15 is 0 Å². The lowest BCUT2D eigenvalue weighted by molar-refractivity contribution is -0.115. The van der Waals surface area contributed by atoms with Crippen molar-refractivity contribution in [2.24, 2.45) is 0 Å². The van der Waals surface area contributed by atoms with Gasteiger partial charge in [0.1, 0.15) is 6.61 Å². The summed E-state index contributed by atoms with van der Waals surface area (Å²) in [5.74, 6) is 3.48. The number of methoxy groups -OCH3 is 1. The summed E-state index contributed by atoms with van der Waals surface area (Å²) in [6.07, 6.45) is 12.0. The number of amides is 1. The third-order valence-electron chi connectivity index (χ3n) is 5.61. The van der Waals surface area contributed by atoms with Gasteiger partial charge in [0.15, 0.2) is 11.5 Å². The number of aryl methyl sites for hydroxylation is 2. The molecular weight excluding hydrogens is 400 g/mol. The molecule has 2 aromatic carbocycles. The number of anilines is 1. The minimum absolute atomic E-state index is 0.0732. The van der Waals surface area contributed by atoms with Gasteiger partial charge in [-0.25, -0.2) is 0 Å². The average molecular weight is 427 g/mol. The SMILES string of the molecule is C#CCOc1ccc(-c2ncccc2NC(=O)Cc2ccc3c(c2)CCCC3)cc1OC. The Morgan fingerprint density at radius 3 is 2.75 bits per heavy atom. The normalized spacial score (nSPS) is 12.4. The van der Waals surface area contributed by atoms with Crippen LogP contribution in [0.25, 0.3) is 11.3 Å². The van der Waals surface area contributed by atoms with Gasteiger partial charge in [-0.15, -0.1) is 6.42 Å². The molecule has 0 atom stereocenters. The Kier molecular flexibility index (Phi) is 6.72. The fourth-order valence-corrected chi connectivity index (χ4v) is 4.07. The Hall–Kier alpha value is -3.78. The molecule has 162 valence electrons. The zero-order valence-electron chi connectivity index (χ0n) is 18.2. The lowest BCUT2D eigenvalue weighted by atomic mass is 9.90. The number of fused-ring (bicyclic) bond motifs is 1. The van der Waals surface area contributed by atoms with E-state index in [2.05, 4.69) is 34.4 Å². The van der Waals surface area contributed by atoms with Crippen LogP contribution in [0.3, 0.4) is 0 Å². The van der Waals surface area contributed by atoms with Gasteiger partial charge in [0.2, 0.25) is 5.91 Å². The van der Waals surface area contributed by atoms with Crippen molar-refractivity contribution >= 4 is 11.6 Å². The van der Waals surface area contributed by atoms with Gasteiger partial charge in [0.05, 0.1) is 24.9 Å². The molecule has 0 bridgehead atoms. The van der Waals surface area contributed by atoms with Crippen molar-refractivity contribution < 1.29 is 14.3 Å². The molecule has 0 fully saturated rings. The molecule has 3 aromatic rings. The molecular formula is C27H26N2O3. The Bertz CT molecular complexity index is 1160. The highest BCUT2D eigenvalue weighted by atomic mass is 16.5. The predicted molar refractivity (Wildman–Crippen MR) is 126 cm³/mol. The number of pyridine rings is 1. The van der Waals surface area contributed by atoms with Gasteiger partial charge in [-0.3, -0.25) is 9.78 Å². The number of aromatic nitrogens is 1. The second kappa shape index (κ2) is 10.0. The first kappa shape index (κ1) is 21.5. The molecule has 1 aliphatic carbocycles. The van der Waals surface area contributed by atoms with E-state index in [4.69, 9.17) is 15.9 Å². The van der Waals surface area contributed by atoms with Crippen LogP contribution in [0.4, 0.5) is 5.69 Å². The van der Waals surface area contributed by atoms with E-state index in [1.54, 1.807) is 25.4 Å². The molecule has 1 aromatic heterocycles. The largest absolute Gasteiger partial charge is 0.493 e. The second-order valence-corrected chi connectivity index (χ2v) is 7.79. The molecule has 0 saturated carbocycles. The third kappa shape index (κ3) is 4.92. The average Bonchev–Trinajstić information content (AvgIpc) is 2.83. The van der Waals surface area contributed by atoms with Crippen LogP contribution in [-0.2, 0) is 24.1 Å². The standard InChI is InChI=1S/C27H26N2O3/c1-3-15-32-24-13-12-22(18-25(24)31-2)27-23(9-6-14-28-27)29-26(30)17-19-10-11-20-7-4-5-8-21(20)16-19/h1,6,9-14,16,18H,4-5,7-8,15,17H2,2H3,(H,29,30). The molecule has 4 rings (SSSR count). The van der Waals surface area contributed by atoms with Gasteiger partial charge in [-0.05, 0) is 72.7 Å². The first-order chi connectivity index (χ1) is 15.7. The molecule has 32 heavy (non-hydrogen) atoms. The maximum absolute atomic E-state index is 12.8. The molecule has 0 aliphatic heterocycles. The fraction of sp³-hybridized carbons (Fsp3) is 0.259. The minimum atomic E-state index is -0.0732. The van der Waals surface area contributed by atoms with E-state index < -0.39 is 0 Å². The topological polar surface area (TPSA) is 60.5 Å². The quantitative estimate of drug-likeness (QED) is 0.550. The van der Waals surface area contributed by atoms with Crippen molar-refractivity contribution in [3.05, 3.63) is 71.4 Å². The van der Waals surface area contributed by atoms with Crippen LogP contribution in [0.5, 0.6) is 11.5 Å². The lowest BCUT2D eigenvalue weighted by Crippen LogP contribution is -2.16. The Morgan fingerprint density at radius 2 is 1.94 bits per heavy atom. The van der Waals surface area contributed by atoms with Crippen molar-refractivity contribution in [3.8, 4) is 35.1 Å². The van der Waals surface area contributed by atoms with Crippen LogP contribution in [0.2, 0.25) is 0 Å². The van der Waals surface area contributed by atoms with Crippen LogP contribution in [-0.4, -0.2) is 24.6 Å². The molecule has 0 saturated heterocycles. The van der Waals surface area contributed by atoms with Crippen molar-refractivity contribution in [2.45, 2.75) is 32.1 Å². The molecule has 1 amide bonds. The van der Waals surface area contributed by atoms with Crippen molar-refractivity contribution in [2.75, 3.05) is 19.0 Å². The number of rotatable bonds is 7. The first-order valence-corrected chi connectivity index (χ1v) is 10.8. The molecule has 1 aliphatic rings.